The molecule has 5 nitrogen and oxygen atoms in total. The summed E-state index contributed by atoms with van der Waals surface area (Å²) >= 11 is 0. The van der Waals surface area contributed by atoms with Crippen molar-refractivity contribution in [2.45, 2.75) is 13.8 Å². The summed E-state index contributed by atoms with van der Waals surface area (Å²) in [6.07, 6.45) is 0. The van der Waals surface area contributed by atoms with Crippen LogP contribution in [0.3, 0.4) is 0 Å². The zero-order valence-electron chi connectivity index (χ0n) is 5.86. The molecule has 0 saturated carbocycles. The normalized spacial score (nSPS) is 9.50. The fourth-order valence-electron chi connectivity index (χ4n) is 0. The average Bonchev–Trinajstić information content (AvgIpc) is 1.63. The van der Waals surface area contributed by atoms with Gasteiger partial charge in [0, 0.05) is 6.92 Å². The van der Waals surface area contributed by atoms with Crippen LogP contribution in [0.15, 0.2) is 0 Å². The minimum absolute atomic E-state index is 0.201. The Morgan fingerprint density at radius 1 is 1.60 bits per heavy atom. The van der Waals surface area contributed by atoms with Crippen LogP contribution in [-0.2, 0) is 14.9 Å². The second kappa shape index (κ2) is 5.19. The molecule has 0 spiro atoms. The van der Waals surface area contributed by atoms with Gasteiger partial charge in [-0.05, 0) is 6.92 Å². The van der Waals surface area contributed by atoms with E-state index in [9.17, 15) is 13.2 Å². The zero-order chi connectivity index (χ0) is 8.78. The van der Waals surface area contributed by atoms with Crippen LogP contribution in [0.5, 0.6) is 0 Å². The number of nitrogens with two attached hydrogens (primary N) is 1. The van der Waals surface area contributed by atoms with Crippen LogP contribution in [0.1, 0.15) is 13.8 Å². The van der Waals surface area contributed by atoms with Gasteiger partial charge in [0.05, 0.1) is 5.75 Å². The molecule has 0 aromatic rings. The first-order chi connectivity index (χ1) is 4.29. The second-order valence-corrected chi connectivity index (χ2v) is 3.22. The quantitative estimate of drug-likeness (QED) is 0.511. The van der Waals surface area contributed by atoms with E-state index in [0.29, 0.717) is 0 Å². The summed E-state index contributed by atoms with van der Waals surface area (Å²) in [7, 11) is -3.66. The van der Waals surface area contributed by atoms with Gasteiger partial charge in [-0.1, -0.05) is 0 Å². The Labute approximate surface area is 60.0 Å². The van der Waals surface area contributed by atoms with Gasteiger partial charge >= 0.3 is 0 Å². The number of rotatable bonds is 1. The standard InChI is InChI=1S/C2H5NO.C2H6O3S/c1-2(3)4;1-2-6(3,4)5/h1H3,(H2,3,4);2H2,1H3,(H,3,4,5). The van der Waals surface area contributed by atoms with Gasteiger partial charge in [-0.2, -0.15) is 8.42 Å². The number of primary amides is 1. The van der Waals surface area contributed by atoms with Gasteiger partial charge < -0.3 is 5.73 Å². The highest BCUT2D eigenvalue weighted by Gasteiger charge is 1.93. The fraction of sp³-hybridized carbons (Fsp3) is 0.750. The highest BCUT2D eigenvalue weighted by molar-refractivity contribution is 7.85. The minimum Gasteiger partial charge on any atom is -0.370 e. The van der Waals surface area contributed by atoms with Crippen molar-refractivity contribution in [1.82, 2.24) is 0 Å². The molecule has 0 aromatic heterocycles. The van der Waals surface area contributed by atoms with Crippen molar-refractivity contribution < 1.29 is 17.8 Å². The van der Waals surface area contributed by atoms with Gasteiger partial charge in [0.25, 0.3) is 10.1 Å². The predicted molar refractivity (Wildman–Crippen MR) is 37.0 cm³/mol. The largest absolute Gasteiger partial charge is 0.370 e. The smallest absolute Gasteiger partial charge is 0.264 e. The topological polar surface area (TPSA) is 97.5 Å². The first kappa shape index (κ1) is 12.1. The summed E-state index contributed by atoms with van der Waals surface area (Å²) in [5, 5.41) is 0. The first-order valence-electron chi connectivity index (χ1n) is 2.50. The number of carbonyl (C=O) groups is 1. The molecule has 0 radical (unpaired) electrons. The van der Waals surface area contributed by atoms with Crippen LogP contribution in [0.25, 0.3) is 0 Å². The molecule has 0 aliphatic rings. The van der Waals surface area contributed by atoms with Crippen molar-refractivity contribution >= 4 is 16.0 Å². The molecule has 0 heterocycles. The predicted octanol–water partition coefficient (Wildman–Crippen LogP) is -0.614. The molecule has 10 heavy (non-hydrogen) atoms. The molecule has 0 unspecified atom stereocenters. The maximum absolute atomic E-state index is 9.56. The van der Waals surface area contributed by atoms with E-state index in [1.165, 1.54) is 13.8 Å². The van der Waals surface area contributed by atoms with Gasteiger partial charge in [0.15, 0.2) is 0 Å². The molecule has 3 N–H and O–H groups in total. The number of hydrogen-bond donors (Lipinski definition) is 2. The minimum atomic E-state index is -3.66. The number of carbonyl (C=O) groups excluding carboxylic acids is 1. The molecule has 0 saturated heterocycles. The van der Waals surface area contributed by atoms with E-state index < -0.39 is 10.1 Å². The molecule has 1 amide bonds. The van der Waals surface area contributed by atoms with Crippen molar-refractivity contribution in [3.8, 4) is 0 Å². The summed E-state index contributed by atoms with van der Waals surface area (Å²) < 4.78 is 26.9. The summed E-state index contributed by atoms with van der Waals surface area (Å²) in [4.78, 5) is 9.22. The van der Waals surface area contributed by atoms with Crippen molar-refractivity contribution in [3.63, 3.8) is 0 Å². The third kappa shape index (κ3) is 53.0. The zero-order valence-corrected chi connectivity index (χ0v) is 6.68. The molecule has 0 aliphatic heterocycles. The maximum atomic E-state index is 9.56. The molecule has 0 aromatic carbocycles. The Morgan fingerprint density at radius 3 is 1.70 bits per heavy atom. The molecule has 0 atom stereocenters. The lowest BCUT2D eigenvalue weighted by molar-refractivity contribution is -0.115. The lowest BCUT2D eigenvalue weighted by atomic mass is 10.8. The van der Waals surface area contributed by atoms with Gasteiger partial charge in [0.2, 0.25) is 5.91 Å². The van der Waals surface area contributed by atoms with Crippen LogP contribution < -0.4 is 5.73 Å². The van der Waals surface area contributed by atoms with Crippen LogP contribution in [0, 0.1) is 0 Å². The van der Waals surface area contributed by atoms with Gasteiger partial charge in [-0.3, -0.25) is 9.35 Å². The number of hydrogen-bond acceptors (Lipinski definition) is 3. The Balaban J connectivity index is 0. The van der Waals surface area contributed by atoms with Crippen LogP contribution >= 0.6 is 0 Å². The number of amides is 1. The summed E-state index contributed by atoms with van der Waals surface area (Å²) in [5.41, 5.74) is 4.47. The molecule has 0 aliphatic carbocycles. The summed E-state index contributed by atoms with van der Waals surface area (Å²) in [6, 6.07) is 0. The van der Waals surface area contributed by atoms with E-state index in [1.54, 1.807) is 0 Å². The van der Waals surface area contributed by atoms with Crippen molar-refractivity contribution in [1.29, 1.82) is 0 Å². The highest BCUT2D eigenvalue weighted by Crippen LogP contribution is 1.74. The first-order valence-corrected chi connectivity index (χ1v) is 4.11. The van der Waals surface area contributed by atoms with E-state index in [0.717, 1.165) is 0 Å². The van der Waals surface area contributed by atoms with Gasteiger partial charge in [0.1, 0.15) is 0 Å². The third-order valence-electron chi connectivity index (χ3n) is 0.365. The highest BCUT2D eigenvalue weighted by atomic mass is 32.2. The van der Waals surface area contributed by atoms with Crippen molar-refractivity contribution in [2.75, 3.05) is 5.75 Å². The summed E-state index contributed by atoms with van der Waals surface area (Å²) in [5.74, 6) is -0.535. The Bertz CT molecular complexity index is 179. The lowest BCUT2D eigenvalue weighted by Crippen LogP contribution is -2.01. The lowest BCUT2D eigenvalue weighted by Gasteiger charge is -1.79. The molecule has 0 bridgehead atoms. The second-order valence-electron chi connectivity index (χ2n) is 1.48. The molecule has 62 valence electrons. The van der Waals surface area contributed by atoms with Crippen LogP contribution in [-0.4, -0.2) is 24.6 Å². The summed E-state index contributed by atoms with van der Waals surface area (Å²) in [6.45, 7) is 2.68. The van der Waals surface area contributed by atoms with E-state index in [2.05, 4.69) is 5.73 Å². The average molecular weight is 169 g/mol. The Morgan fingerprint density at radius 2 is 1.70 bits per heavy atom. The molecular weight excluding hydrogens is 158 g/mol. The van der Waals surface area contributed by atoms with Crippen LogP contribution in [0.2, 0.25) is 0 Å². The van der Waals surface area contributed by atoms with Crippen molar-refractivity contribution in [2.24, 2.45) is 5.73 Å². The van der Waals surface area contributed by atoms with E-state index in [1.807, 2.05) is 0 Å². The Kier molecular flexibility index (Phi) is 6.27. The van der Waals surface area contributed by atoms with Gasteiger partial charge in [-0.25, -0.2) is 0 Å². The SMILES string of the molecule is CC(N)=O.CCS(=O)(=O)O. The fourth-order valence-corrected chi connectivity index (χ4v) is 0. The van der Waals surface area contributed by atoms with Gasteiger partial charge in [-0.15, -0.1) is 0 Å². The maximum Gasteiger partial charge on any atom is 0.264 e. The molecule has 0 rings (SSSR count). The Hall–Kier alpha value is -0.620. The van der Waals surface area contributed by atoms with E-state index in [4.69, 9.17) is 4.55 Å². The molecule has 0 fully saturated rings. The van der Waals surface area contributed by atoms with Crippen LogP contribution in [0.4, 0.5) is 0 Å². The molecule has 6 heteroatoms. The van der Waals surface area contributed by atoms with E-state index in [-0.39, 0.29) is 11.7 Å². The van der Waals surface area contributed by atoms with Crippen molar-refractivity contribution in [3.05, 3.63) is 0 Å². The monoisotopic (exact) mass is 169 g/mol. The van der Waals surface area contributed by atoms with E-state index >= 15 is 0 Å². The molecular formula is C4H11NO4S. The third-order valence-corrected chi connectivity index (χ3v) is 1.09.